The molecule has 0 radical (unpaired) electrons. The van der Waals surface area contributed by atoms with Crippen LogP contribution < -0.4 is 4.74 Å². The SMILES string of the molecule is COc1ccc(C)cc1C(=O)N1CCOC(C#N)C1. The number of nitrogens with zero attached hydrogens (tertiary/aromatic N) is 2. The van der Waals surface area contributed by atoms with Crippen molar-refractivity contribution in [3.63, 3.8) is 0 Å². The number of morpholine rings is 1. The highest BCUT2D eigenvalue weighted by atomic mass is 16.5. The zero-order valence-corrected chi connectivity index (χ0v) is 11.0. The van der Waals surface area contributed by atoms with Crippen LogP contribution in [0.3, 0.4) is 0 Å². The van der Waals surface area contributed by atoms with Crippen LogP contribution in [0.25, 0.3) is 0 Å². The van der Waals surface area contributed by atoms with Crippen molar-refractivity contribution in [3.05, 3.63) is 29.3 Å². The summed E-state index contributed by atoms with van der Waals surface area (Å²) in [6.45, 7) is 3.10. The molecule has 0 N–H and O–H groups in total. The Morgan fingerprint density at radius 2 is 2.37 bits per heavy atom. The van der Waals surface area contributed by atoms with E-state index in [9.17, 15) is 4.79 Å². The molecule has 5 nitrogen and oxygen atoms in total. The third-order valence-electron chi connectivity index (χ3n) is 3.08. The van der Waals surface area contributed by atoms with Crippen LogP contribution in [0, 0.1) is 18.3 Å². The molecule has 0 saturated carbocycles. The topological polar surface area (TPSA) is 62.6 Å². The van der Waals surface area contributed by atoms with Gasteiger partial charge in [-0.1, -0.05) is 11.6 Å². The lowest BCUT2D eigenvalue weighted by atomic mass is 10.1. The molecular weight excluding hydrogens is 244 g/mol. The molecule has 0 aliphatic carbocycles. The Bertz CT molecular complexity index is 522. The van der Waals surface area contributed by atoms with Crippen LogP contribution in [0.4, 0.5) is 0 Å². The van der Waals surface area contributed by atoms with E-state index in [0.29, 0.717) is 31.0 Å². The average Bonchev–Trinajstić information content (AvgIpc) is 2.46. The van der Waals surface area contributed by atoms with E-state index in [1.807, 2.05) is 19.1 Å². The number of benzene rings is 1. The Morgan fingerprint density at radius 3 is 3.05 bits per heavy atom. The molecule has 1 fully saturated rings. The number of rotatable bonds is 2. The van der Waals surface area contributed by atoms with Crippen LogP contribution in [0.5, 0.6) is 5.75 Å². The van der Waals surface area contributed by atoms with Crippen LogP contribution in [0.1, 0.15) is 15.9 Å². The second kappa shape index (κ2) is 5.72. The molecule has 19 heavy (non-hydrogen) atoms. The van der Waals surface area contributed by atoms with Crippen LogP contribution in [-0.4, -0.2) is 43.7 Å². The maximum Gasteiger partial charge on any atom is 0.257 e. The first-order valence-electron chi connectivity index (χ1n) is 6.11. The monoisotopic (exact) mass is 260 g/mol. The minimum absolute atomic E-state index is 0.121. The molecule has 1 saturated heterocycles. The van der Waals surface area contributed by atoms with E-state index < -0.39 is 6.10 Å². The third-order valence-corrected chi connectivity index (χ3v) is 3.08. The van der Waals surface area contributed by atoms with E-state index in [2.05, 4.69) is 0 Å². The second-order valence-electron chi connectivity index (χ2n) is 4.44. The molecule has 1 amide bonds. The van der Waals surface area contributed by atoms with Crippen LogP contribution in [0.15, 0.2) is 18.2 Å². The molecule has 1 aromatic rings. The smallest absolute Gasteiger partial charge is 0.257 e. The van der Waals surface area contributed by atoms with E-state index in [1.165, 1.54) is 0 Å². The summed E-state index contributed by atoms with van der Waals surface area (Å²) >= 11 is 0. The van der Waals surface area contributed by atoms with Crippen LogP contribution >= 0.6 is 0 Å². The molecular formula is C14H16N2O3. The van der Waals surface area contributed by atoms with Crippen molar-refractivity contribution in [3.8, 4) is 11.8 Å². The molecule has 5 heteroatoms. The van der Waals surface area contributed by atoms with Crippen molar-refractivity contribution in [2.24, 2.45) is 0 Å². The Labute approximate surface area is 112 Å². The number of methoxy groups -OCH3 is 1. The lowest BCUT2D eigenvalue weighted by molar-refractivity contribution is 0.00333. The highest BCUT2D eigenvalue weighted by molar-refractivity contribution is 5.97. The minimum Gasteiger partial charge on any atom is -0.496 e. The van der Waals surface area contributed by atoms with Gasteiger partial charge < -0.3 is 14.4 Å². The zero-order chi connectivity index (χ0) is 13.8. The third kappa shape index (κ3) is 2.85. The number of nitriles is 1. The van der Waals surface area contributed by atoms with Crippen molar-refractivity contribution < 1.29 is 14.3 Å². The molecule has 1 unspecified atom stereocenters. The Kier molecular flexibility index (Phi) is 4.03. The van der Waals surface area contributed by atoms with Gasteiger partial charge in [-0.25, -0.2) is 0 Å². The van der Waals surface area contributed by atoms with E-state index in [0.717, 1.165) is 5.56 Å². The summed E-state index contributed by atoms with van der Waals surface area (Å²) in [5.74, 6) is 0.430. The Balaban J connectivity index is 2.24. The van der Waals surface area contributed by atoms with E-state index in [-0.39, 0.29) is 5.91 Å². The average molecular weight is 260 g/mol. The first-order chi connectivity index (χ1) is 9.15. The summed E-state index contributed by atoms with van der Waals surface area (Å²) in [7, 11) is 1.54. The lowest BCUT2D eigenvalue weighted by Gasteiger charge is -2.30. The summed E-state index contributed by atoms with van der Waals surface area (Å²) in [4.78, 5) is 14.1. The Morgan fingerprint density at radius 1 is 1.58 bits per heavy atom. The molecule has 1 aliphatic heterocycles. The fourth-order valence-corrected chi connectivity index (χ4v) is 2.07. The maximum atomic E-state index is 12.5. The molecule has 1 heterocycles. The number of hydrogen-bond donors (Lipinski definition) is 0. The van der Waals surface area contributed by atoms with Crippen molar-refractivity contribution in [2.45, 2.75) is 13.0 Å². The van der Waals surface area contributed by atoms with Gasteiger partial charge in [-0.15, -0.1) is 0 Å². The molecule has 100 valence electrons. The standard InChI is InChI=1S/C14H16N2O3/c1-10-3-4-13(18-2)12(7-10)14(17)16-5-6-19-11(8-15)9-16/h3-4,7,11H,5-6,9H2,1-2H3. The van der Waals surface area contributed by atoms with Gasteiger partial charge in [-0.2, -0.15) is 5.26 Å². The summed E-state index contributed by atoms with van der Waals surface area (Å²) in [6.07, 6.45) is -0.548. The van der Waals surface area contributed by atoms with E-state index >= 15 is 0 Å². The number of ether oxygens (including phenoxy) is 2. The normalized spacial score (nSPS) is 18.8. The van der Waals surface area contributed by atoms with Gasteiger partial charge in [0.25, 0.3) is 5.91 Å². The van der Waals surface area contributed by atoms with E-state index in [4.69, 9.17) is 14.7 Å². The highest BCUT2D eigenvalue weighted by Crippen LogP contribution is 2.22. The maximum absolute atomic E-state index is 12.5. The molecule has 1 atom stereocenters. The number of carbonyl (C=O) groups is 1. The van der Waals surface area contributed by atoms with Gasteiger partial charge in [0.1, 0.15) is 5.75 Å². The van der Waals surface area contributed by atoms with Gasteiger partial charge in [0, 0.05) is 6.54 Å². The van der Waals surface area contributed by atoms with Gasteiger partial charge in [0.2, 0.25) is 0 Å². The molecule has 0 aromatic heterocycles. The summed E-state index contributed by atoms with van der Waals surface area (Å²) < 4.78 is 10.5. The first kappa shape index (κ1) is 13.4. The van der Waals surface area contributed by atoms with Gasteiger partial charge in [-0.05, 0) is 19.1 Å². The quantitative estimate of drug-likeness (QED) is 0.805. The van der Waals surface area contributed by atoms with Gasteiger partial charge in [-0.3, -0.25) is 4.79 Å². The minimum atomic E-state index is -0.548. The molecule has 0 spiro atoms. The largest absolute Gasteiger partial charge is 0.496 e. The van der Waals surface area contributed by atoms with Crippen LogP contribution in [0.2, 0.25) is 0 Å². The summed E-state index contributed by atoms with van der Waals surface area (Å²) in [5, 5.41) is 8.87. The zero-order valence-electron chi connectivity index (χ0n) is 11.0. The molecule has 2 rings (SSSR count). The van der Waals surface area contributed by atoms with Gasteiger partial charge >= 0.3 is 0 Å². The predicted molar refractivity (Wildman–Crippen MR) is 69.0 cm³/mol. The fourth-order valence-electron chi connectivity index (χ4n) is 2.07. The number of carbonyl (C=O) groups excluding carboxylic acids is 1. The number of hydrogen-bond acceptors (Lipinski definition) is 4. The lowest BCUT2D eigenvalue weighted by Crippen LogP contribution is -2.45. The predicted octanol–water partition coefficient (Wildman–Crippen LogP) is 1.37. The number of amides is 1. The Hall–Kier alpha value is -2.06. The summed E-state index contributed by atoms with van der Waals surface area (Å²) in [5.41, 5.74) is 1.52. The molecule has 1 aliphatic rings. The van der Waals surface area contributed by atoms with Crippen molar-refractivity contribution in [1.29, 1.82) is 5.26 Å². The van der Waals surface area contributed by atoms with Crippen LogP contribution in [-0.2, 0) is 4.74 Å². The molecule has 0 bridgehead atoms. The summed E-state index contributed by atoms with van der Waals surface area (Å²) in [6, 6.07) is 7.51. The molecule has 1 aromatic carbocycles. The first-order valence-corrected chi connectivity index (χ1v) is 6.11. The van der Waals surface area contributed by atoms with Gasteiger partial charge in [0.05, 0.1) is 31.9 Å². The fraction of sp³-hybridized carbons (Fsp3) is 0.429. The van der Waals surface area contributed by atoms with Crippen molar-refractivity contribution >= 4 is 5.91 Å². The number of aryl methyl sites for hydroxylation is 1. The van der Waals surface area contributed by atoms with Crippen molar-refractivity contribution in [2.75, 3.05) is 26.8 Å². The second-order valence-corrected chi connectivity index (χ2v) is 4.44. The van der Waals surface area contributed by atoms with Gasteiger partial charge in [0.15, 0.2) is 6.10 Å². The van der Waals surface area contributed by atoms with Crippen molar-refractivity contribution in [1.82, 2.24) is 4.90 Å². The highest BCUT2D eigenvalue weighted by Gasteiger charge is 2.26. The van der Waals surface area contributed by atoms with E-state index in [1.54, 1.807) is 24.1 Å².